The first-order valence-corrected chi connectivity index (χ1v) is 23.8. The van der Waals surface area contributed by atoms with E-state index in [0.29, 0.717) is 68.0 Å². The first kappa shape index (κ1) is 46.7. The molecule has 7 rings (SSSR count). The fourth-order valence-corrected chi connectivity index (χ4v) is 11.7. The Balaban J connectivity index is 1.16. The number of allylic oxidation sites excluding steroid dienone is 2. The maximum Gasteiger partial charge on any atom is 0.207 e. The molecule has 5 atom stereocenters. The van der Waals surface area contributed by atoms with Crippen molar-refractivity contribution in [3.8, 4) is 35.0 Å². The van der Waals surface area contributed by atoms with Gasteiger partial charge in [0, 0.05) is 44.6 Å². The number of likely N-dealkylation sites (N-methyl/N-ethyl adjacent to an activating group) is 1. The second kappa shape index (κ2) is 20.7. The topological polar surface area (TPSA) is 166 Å². The highest BCUT2D eigenvalue weighted by molar-refractivity contribution is 5.97. The summed E-state index contributed by atoms with van der Waals surface area (Å²) in [5.74, 6) is 5.23. The van der Waals surface area contributed by atoms with Gasteiger partial charge in [-0.05, 0) is 163 Å². The molecule has 4 saturated carbocycles. The number of phenolic OH excluding ortho intramolecular Hbond substituents is 2. The molecule has 2 aromatic carbocycles. The lowest BCUT2D eigenvalue weighted by molar-refractivity contribution is -0.125. The Morgan fingerprint density at radius 2 is 1.78 bits per heavy atom. The number of carbonyl (C=O) groups is 1. The lowest BCUT2D eigenvalue weighted by Gasteiger charge is -2.39. The van der Waals surface area contributed by atoms with E-state index in [9.17, 15) is 20.1 Å². The molecule has 4 aliphatic carbocycles. The summed E-state index contributed by atoms with van der Waals surface area (Å²) in [6, 6.07) is 12.6. The summed E-state index contributed by atoms with van der Waals surface area (Å²) < 4.78 is 19.2. The molecule has 2 bridgehead atoms. The monoisotopic (exact) mass is 868 g/mol. The Hall–Kier alpha value is -4.28. The third-order valence-corrected chi connectivity index (χ3v) is 15.1. The number of guanidine groups is 1. The molecule has 7 N–H and O–H groups in total. The quantitative estimate of drug-likeness (QED) is 0.0559. The smallest absolute Gasteiger partial charge is 0.207 e. The molecule has 12 nitrogen and oxygen atoms in total. The van der Waals surface area contributed by atoms with E-state index in [1.54, 1.807) is 20.2 Å². The van der Waals surface area contributed by atoms with Crippen LogP contribution in [0.2, 0.25) is 0 Å². The van der Waals surface area contributed by atoms with E-state index in [0.717, 1.165) is 107 Å². The minimum absolute atomic E-state index is 0.0296. The van der Waals surface area contributed by atoms with Crippen molar-refractivity contribution in [2.45, 2.75) is 152 Å². The summed E-state index contributed by atoms with van der Waals surface area (Å²) in [4.78, 5) is 19.2. The van der Waals surface area contributed by atoms with Gasteiger partial charge < -0.3 is 40.2 Å². The molecular weight excluding hydrogens is 795 g/mol. The number of ketones is 1. The number of methoxy groups -OCH3 is 1. The molecule has 1 aliphatic heterocycles. The van der Waals surface area contributed by atoms with Gasteiger partial charge in [-0.1, -0.05) is 43.7 Å². The number of aliphatic imine (C=N–C) groups is 1. The maximum atomic E-state index is 14.7. The van der Waals surface area contributed by atoms with Gasteiger partial charge in [-0.25, -0.2) is 0 Å². The zero-order valence-electron chi connectivity index (χ0n) is 38.3. The van der Waals surface area contributed by atoms with Crippen LogP contribution in [-0.2, 0) is 21.4 Å². The number of hydrogen-bond donors (Lipinski definition) is 7. The number of hydrogen-bond acceptors (Lipinski definition) is 10. The number of ether oxygens (including phenoxy) is 3. The van der Waals surface area contributed by atoms with Gasteiger partial charge in [0.05, 0.1) is 18.9 Å². The third-order valence-electron chi connectivity index (χ3n) is 15.1. The number of phenols is 2. The van der Waals surface area contributed by atoms with E-state index < -0.39 is 17.1 Å². The first-order chi connectivity index (χ1) is 30.5. The van der Waals surface area contributed by atoms with Crippen LogP contribution in [0.25, 0.3) is 0 Å². The lowest BCUT2D eigenvalue weighted by atomic mass is 9.68. The standard InChI is InChI=1S/C51H73N5O7/c1-36(57)34-55-51(24-6-5-7-25-51)62-28-19-37-18-26-49(32-37,35-52-2)63-44-31-40-30-41(46(44)60)56-47(53-3)54-27-12-14-39-13-10-23-50(39,33-38-16-17-42(58)43(29-38)61-4)45(59)15-11-22-48(40)20-8-9-21-48/h11,15-17,29-31,36-37,39,52,55,57-58,60H,5-10,13-14,18-26,28,32-35H2,1-4H3,(H2,53,54,56). The number of nitrogens with one attached hydrogen (secondary N) is 4. The van der Waals surface area contributed by atoms with Gasteiger partial charge >= 0.3 is 0 Å². The van der Waals surface area contributed by atoms with E-state index in [4.69, 9.17) is 14.2 Å². The Morgan fingerprint density at radius 3 is 2.52 bits per heavy atom. The highest BCUT2D eigenvalue weighted by atomic mass is 16.5. The summed E-state index contributed by atoms with van der Waals surface area (Å²) in [7, 11) is 5.19. The molecular formula is C51H73N5O7. The average Bonchev–Trinajstić information content (AvgIpc) is 4.03. The number of carbonyl (C=O) groups excluding carboxylic acids is 1. The number of aromatic hydroxyl groups is 2. The van der Waals surface area contributed by atoms with Crippen molar-refractivity contribution in [3.05, 3.63) is 53.6 Å². The van der Waals surface area contributed by atoms with Crippen molar-refractivity contribution in [2.24, 2.45) is 22.2 Å². The summed E-state index contributed by atoms with van der Waals surface area (Å²) >= 11 is 0. The Bertz CT molecular complexity index is 2010. The van der Waals surface area contributed by atoms with Crippen molar-refractivity contribution >= 4 is 17.4 Å². The number of aliphatic hydroxyl groups is 1. The second-order valence-corrected chi connectivity index (χ2v) is 19.4. The molecule has 0 amide bonds. The summed E-state index contributed by atoms with van der Waals surface area (Å²) in [6.07, 6.45) is 20.8. The number of rotatable bonds is 14. The fourth-order valence-electron chi connectivity index (χ4n) is 11.7. The van der Waals surface area contributed by atoms with Crippen LogP contribution in [0.5, 0.6) is 23.0 Å². The van der Waals surface area contributed by atoms with Gasteiger partial charge in [0.25, 0.3) is 0 Å². The third kappa shape index (κ3) is 10.8. The zero-order valence-corrected chi connectivity index (χ0v) is 38.3. The molecule has 1 heterocycles. The SMILES string of the molecule is CN=C1NC#CCC2CCCC2(Cc2ccc(O)c(OC)c2)C(=O)C=CCC2(CCCC2)c2cc(c(O)c(OC3(CNC)CCC(CCOC4(NCC(C)O)CCCCC4)C3)c2)N1. The van der Waals surface area contributed by atoms with Crippen LogP contribution >= 0.6 is 0 Å². The lowest BCUT2D eigenvalue weighted by Crippen LogP contribution is -2.51. The van der Waals surface area contributed by atoms with Crippen molar-refractivity contribution in [3.63, 3.8) is 0 Å². The van der Waals surface area contributed by atoms with Crippen LogP contribution in [0.1, 0.15) is 134 Å². The predicted octanol–water partition coefficient (Wildman–Crippen LogP) is 7.99. The van der Waals surface area contributed by atoms with Crippen LogP contribution in [0, 0.1) is 29.2 Å². The van der Waals surface area contributed by atoms with Gasteiger partial charge in [0.1, 0.15) is 11.3 Å². The molecule has 2 aromatic rings. The fraction of sp³-hybridized carbons (Fsp3) is 0.647. The van der Waals surface area contributed by atoms with Gasteiger partial charge in [-0.15, -0.1) is 0 Å². The van der Waals surface area contributed by atoms with Crippen molar-refractivity contribution in [1.82, 2.24) is 16.0 Å². The van der Waals surface area contributed by atoms with E-state index in [-0.39, 0.29) is 34.3 Å². The van der Waals surface area contributed by atoms with E-state index >= 15 is 0 Å². The Morgan fingerprint density at radius 1 is 0.984 bits per heavy atom. The minimum atomic E-state index is -0.639. The summed E-state index contributed by atoms with van der Waals surface area (Å²) in [5.41, 5.74) is 0.705. The van der Waals surface area contributed by atoms with Crippen molar-refractivity contribution in [1.29, 1.82) is 0 Å². The van der Waals surface area contributed by atoms with Gasteiger partial charge in [0.2, 0.25) is 5.96 Å². The van der Waals surface area contributed by atoms with Crippen LogP contribution in [0.15, 0.2) is 47.5 Å². The molecule has 0 saturated heterocycles. The minimum Gasteiger partial charge on any atom is -0.504 e. The van der Waals surface area contributed by atoms with E-state index in [1.165, 1.54) is 6.42 Å². The first-order valence-electron chi connectivity index (χ1n) is 23.8. The maximum absolute atomic E-state index is 14.7. The molecule has 5 aliphatic rings. The predicted molar refractivity (Wildman–Crippen MR) is 248 cm³/mol. The zero-order chi connectivity index (χ0) is 44.5. The highest BCUT2D eigenvalue weighted by Crippen LogP contribution is 2.52. The van der Waals surface area contributed by atoms with Gasteiger partial charge in [-0.3, -0.25) is 20.4 Å². The highest BCUT2D eigenvalue weighted by Gasteiger charge is 2.48. The van der Waals surface area contributed by atoms with Gasteiger partial charge in [-0.2, -0.15) is 0 Å². The molecule has 4 fully saturated rings. The second-order valence-electron chi connectivity index (χ2n) is 19.4. The largest absolute Gasteiger partial charge is 0.504 e. The number of nitrogens with zero attached hydrogens (tertiary/aromatic N) is 1. The van der Waals surface area contributed by atoms with Crippen molar-refractivity contribution in [2.75, 3.05) is 46.2 Å². The van der Waals surface area contributed by atoms with Gasteiger partial charge in [0.15, 0.2) is 28.8 Å². The van der Waals surface area contributed by atoms with Crippen LogP contribution in [0.3, 0.4) is 0 Å². The molecule has 12 heteroatoms. The molecule has 5 unspecified atom stereocenters. The number of fused-ring (bicyclic) bond motifs is 4. The van der Waals surface area contributed by atoms with Crippen LogP contribution in [0.4, 0.5) is 5.69 Å². The average molecular weight is 868 g/mol. The normalized spacial score (nSPS) is 27.9. The number of aliphatic hydroxyl groups excluding tert-OH is 1. The molecule has 0 radical (unpaired) electrons. The van der Waals surface area contributed by atoms with E-state index in [2.05, 4.69) is 50.4 Å². The Kier molecular flexibility index (Phi) is 15.3. The molecule has 344 valence electrons. The summed E-state index contributed by atoms with van der Waals surface area (Å²) in [5, 5.41) is 45.9. The number of benzene rings is 2. The van der Waals surface area contributed by atoms with Crippen LogP contribution < -0.4 is 30.7 Å². The van der Waals surface area contributed by atoms with Crippen molar-refractivity contribution < 1.29 is 34.3 Å². The summed E-state index contributed by atoms with van der Waals surface area (Å²) in [6.45, 7) is 3.60. The molecule has 0 aromatic heterocycles. The Labute approximate surface area is 375 Å². The number of anilines is 1. The molecule has 63 heavy (non-hydrogen) atoms. The van der Waals surface area contributed by atoms with E-state index in [1.807, 2.05) is 38.2 Å². The molecule has 1 spiro atoms. The van der Waals surface area contributed by atoms with Crippen LogP contribution in [-0.4, -0.2) is 85.4 Å².